The number of rotatable bonds is 5. The van der Waals surface area contributed by atoms with Gasteiger partial charge in [0, 0.05) is 30.5 Å². The van der Waals surface area contributed by atoms with E-state index < -0.39 is 0 Å². The van der Waals surface area contributed by atoms with Gasteiger partial charge in [-0.3, -0.25) is 0 Å². The minimum Gasteiger partial charge on any atom is -0.322 e. The van der Waals surface area contributed by atoms with Crippen molar-refractivity contribution in [3.8, 4) is 0 Å². The molecule has 0 atom stereocenters. The Morgan fingerprint density at radius 1 is 1.11 bits per heavy atom. The number of alkyl halides is 2. The zero-order valence-corrected chi connectivity index (χ0v) is 12.5. The Labute approximate surface area is 126 Å². The summed E-state index contributed by atoms with van der Waals surface area (Å²) in [6.07, 6.45) is 0. The zero-order chi connectivity index (χ0) is 13.5. The third kappa shape index (κ3) is 4.73. The topological polar surface area (TPSA) is 32.3 Å². The Hall–Kier alpha value is -0.350. The summed E-state index contributed by atoms with van der Waals surface area (Å²) >= 11 is 22.9. The zero-order valence-electron chi connectivity index (χ0n) is 9.43. The number of benzene rings is 1. The van der Waals surface area contributed by atoms with Crippen LogP contribution >= 0.6 is 46.4 Å². The Bertz CT molecular complexity index is 408. The first-order valence-corrected chi connectivity index (χ1v) is 7.04. The van der Waals surface area contributed by atoms with Crippen LogP contribution < -0.4 is 5.32 Å². The lowest BCUT2D eigenvalue weighted by molar-refractivity contribution is 0.218. The van der Waals surface area contributed by atoms with Crippen LogP contribution in [0.1, 0.15) is 0 Å². The quantitative estimate of drug-likeness (QED) is 0.802. The number of halogens is 4. The van der Waals surface area contributed by atoms with Crippen LogP contribution in [0, 0.1) is 0 Å². The van der Waals surface area contributed by atoms with E-state index in [9.17, 15) is 4.79 Å². The fourth-order valence-electron chi connectivity index (χ4n) is 1.30. The first kappa shape index (κ1) is 15.7. The number of amides is 2. The Kier molecular flexibility index (Phi) is 6.94. The fraction of sp³-hybridized carbons (Fsp3) is 0.364. The van der Waals surface area contributed by atoms with Crippen molar-refractivity contribution < 1.29 is 4.79 Å². The third-order valence-corrected chi connectivity index (χ3v) is 3.24. The van der Waals surface area contributed by atoms with Crippen molar-refractivity contribution in [1.82, 2.24) is 4.90 Å². The summed E-state index contributed by atoms with van der Waals surface area (Å²) in [4.78, 5) is 13.4. The highest BCUT2D eigenvalue weighted by molar-refractivity contribution is 6.42. The third-order valence-electron chi connectivity index (χ3n) is 2.17. The molecule has 0 aliphatic carbocycles. The molecule has 1 aromatic rings. The van der Waals surface area contributed by atoms with E-state index in [1.54, 1.807) is 18.2 Å². The normalized spacial score (nSPS) is 10.2. The summed E-state index contributed by atoms with van der Waals surface area (Å²) in [6.45, 7) is 0.864. The van der Waals surface area contributed by atoms with E-state index in [1.165, 1.54) is 4.90 Å². The summed E-state index contributed by atoms with van der Waals surface area (Å²) < 4.78 is 0. The summed E-state index contributed by atoms with van der Waals surface area (Å²) in [5, 5.41) is 3.53. The van der Waals surface area contributed by atoms with Crippen LogP contribution in [0.5, 0.6) is 0 Å². The van der Waals surface area contributed by atoms with Gasteiger partial charge in [0.15, 0.2) is 0 Å². The van der Waals surface area contributed by atoms with Crippen LogP contribution in [0.4, 0.5) is 10.5 Å². The average Bonchev–Trinajstić information content (AvgIpc) is 2.33. The van der Waals surface area contributed by atoms with Gasteiger partial charge in [-0.25, -0.2) is 4.79 Å². The summed E-state index contributed by atoms with van der Waals surface area (Å²) in [5.41, 5.74) is 0.573. The van der Waals surface area contributed by atoms with Gasteiger partial charge in [0.05, 0.1) is 10.0 Å². The van der Waals surface area contributed by atoms with E-state index in [0.717, 1.165) is 0 Å². The number of carbonyl (C=O) groups excluding carboxylic acids is 1. The predicted molar refractivity (Wildman–Crippen MR) is 78.5 cm³/mol. The molecule has 0 heterocycles. The molecule has 0 aromatic heterocycles. The van der Waals surface area contributed by atoms with Crippen LogP contribution in [-0.2, 0) is 0 Å². The van der Waals surface area contributed by atoms with Gasteiger partial charge < -0.3 is 10.2 Å². The summed E-state index contributed by atoms with van der Waals surface area (Å²) in [6, 6.07) is 4.61. The van der Waals surface area contributed by atoms with E-state index >= 15 is 0 Å². The second-order valence-corrected chi connectivity index (χ2v) is 4.99. The van der Waals surface area contributed by atoms with Crippen LogP contribution in [0.25, 0.3) is 0 Å². The predicted octanol–water partition coefficient (Wildman–Crippen LogP) is 4.30. The number of anilines is 1. The highest BCUT2D eigenvalue weighted by Gasteiger charge is 2.12. The molecular weight excluding hydrogens is 318 g/mol. The van der Waals surface area contributed by atoms with Crippen molar-refractivity contribution in [3.05, 3.63) is 28.2 Å². The Morgan fingerprint density at radius 2 is 1.72 bits per heavy atom. The number of carbonyl (C=O) groups is 1. The Morgan fingerprint density at radius 3 is 2.22 bits per heavy atom. The molecule has 0 saturated carbocycles. The molecule has 7 heteroatoms. The highest BCUT2D eigenvalue weighted by atomic mass is 35.5. The van der Waals surface area contributed by atoms with Gasteiger partial charge >= 0.3 is 6.03 Å². The van der Waals surface area contributed by atoms with Crippen LogP contribution in [0.2, 0.25) is 10.0 Å². The maximum absolute atomic E-state index is 11.9. The van der Waals surface area contributed by atoms with Gasteiger partial charge in [-0.05, 0) is 18.2 Å². The number of urea groups is 1. The maximum atomic E-state index is 11.9. The molecule has 0 fully saturated rings. The minimum absolute atomic E-state index is 0.269. The molecule has 0 unspecified atom stereocenters. The lowest BCUT2D eigenvalue weighted by Crippen LogP contribution is -2.37. The van der Waals surface area contributed by atoms with Crippen LogP contribution in [0.15, 0.2) is 18.2 Å². The van der Waals surface area contributed by atoms with E-state index in [2.05, 4.69) is 5.32 Å². The first-order chi connectivity index (χ1) is 8.58. The molecule has 0 bridgehead atoms. The minimum atomic E-state index is -0.269. The average molecular weight is 330 g/mol. The molecule has 0 aliphatic heterocycles. The molecule has 3 nitrogen and oxygen atoms in total. The molecule has 18 heavy (non-hydrogen) atoms. The monoisotopic (exact) mass is 328 g/mol. The SMILES string of the molecule is O=C(Nc1ccc(Cl)c(Cl)c1)N(CCCl)CCCl. The van der Waals surface area contributed by atoms with Gasteiger partial charge in [-0.2, -0.15) is 0 Å². The Balaban J connectivity index is 2.69. The molecule has 0 aliphatic rings. The highest BCUT2D eigenvalue weighted by Crippen LogP contribution is 2.25. The smallest absolute Gasteiger partial charge is 0.321 e. The molecule has 1 aromatic carbocycles. The van der Waals surface area contributed by atoms with Gasteiger partial charge in [0.25, 0.3) is 0 Å². The molecule has 0 radical (unpaired) electrons. The second kappa shape index (κ2) is 7.95. The van der Waals surface area contributed by atoms with Gasteiger partial charge in [0.1, 0.15) is 0 Å². The lowest BCUT2D eigenvalue weighted by Gasteiger charge is -2.21. The van der Waals surface area contributed by atoms with Crippen molar-refractivity contribution in [2.24, 2.45) is 0 Å². The first-order valence-electron chi connectivity index (χ1n) is 5.21. The van der Waals surface area contributed by atoms with Crippen molar-refractivity contribution in [3.63, 3.8) is 0 Å². The van der Waals surface area contributed by atoms with Crippen LogP contribution in [0.3, 0.4) is 0 Å². The molecule has 0 spiro atoms. The van der Waals surface area contributed by atoms with Crippen molar-refractivity contribution in [2.75, 3.05) is 30.2 Å². The maximum Gasteiger partial charge on any atom is 0.321 e. The molecular formula is C11H12Cl4N2O. The molecule has 2 amide bonds. The standard InChI is InChI=1S/C11H12Cl4N2O/c12-3-5-17(6-4-13)11(18)16-8-1-2-9(14)10(15)7-8/h1-2,7H,3-6H2,(H,16,18). The van der Waals surface area contributed by atoms with Gasteiger partial charge in [0.2, 0.25) is 0 Å². The number of hydrogen-bond acceptors (Lipinski definition) is 1. The lowest BCUT2D eigenvalue weighted by atomic mass is 10.3. The van der Waals surface area contributed by atoms with Crippen molar-refractivity contribution in [2.45, 2.75) is 0 Å². The van der Waals surface area contributed by atoms with E-state index in [0.29, 0.717) is 40.6 Å². The van der Waals surface area contributed by atoms with Crippen LogP contribution in [-0.4, -0.2) is 35.8 Å². The number of hydrogen-bond donors (Lipinski definition) is 1. The largest absolute Gasteiger partial charge is 0.322 e. The molecule has 100 valence electrons. The molecule has 0 saturated heterocycles. The molecule has 1 rings (SSSR count). The fourth-order valence-corrected chi connectivity index (χ4v) is 2.00. The number of nitrogens with zero attached hydrogens (tertiary/aromatic N) is 1. The van der Waals surface area contributed by atoms with Gasteiger partial charge in [-0.15, -0.1) is 23.2 Å². The van der Waals surface area contributed by atoms with E-state index in [-0.39, 0.29) is 6.03 Å². The van der Waals surface area contributed by atoms with Gasteiger partial charge in [-0.1, -0.05) is 23.2 Å². The van der Waals surface area contributed by atoms with Crippen molar-refractivity contribution in [1.29, 1.82) is 0 Å². The number of nitrogens with one attached hydrogen (secondary N) is 1. The second-order valence-electron chi connectivity index (χ2n) is 3.42. The van der Waals surface area contributed by atoms with E-state index in [4.69, 9.17) is 46.4 Å². The molecule has 1 N–H and O–H groups in total. The summed E-state index contributed by atoms with van der Waals surface area (Å²) in [7, 11) is 0. The van der Waals surface area contributed by atoms with Crippen molar-refractivity contribution >= 4 is 58.1 Å². The summed E-state index contributed by atoms with van der Waals surface area (Å²) in [5.74, 6) is 0.706. The van der Waals surface area contributed by atoms with E-state index in [1.807, 2.05) is 0 Å².